The number of ketones is 1. The number of ether oxygens (including phenoxy) is 1. The van der Waals surface area contributed by atoms with Gasteiger partial charge in [-0.05, 0) is 30.0 Å². The molecule has 1 unspecified atom stereocenters. The van der Waals surface area contributed by atoms with Crippen molar-refractivity contribution >= 4 is 35.0 Å². The monoisotopic (exact) mass is 402 g/mol. The second kappa shape index (κ2) is 9.44. The lowest BCUT2D eigenvalue weighted by atomic mass is 9.91. The highest BCUT2D eigenvalue weighted by atomic mass is 16.6. The molecule has 0 fully saturated rings. The van der Waals surface area contributed by atoms with Gasteiger partial charge in [0.2, 0.25) is 17.6 Å². The van der Waals surface area contributed by atoms with E-state index in [9.17, 15) is 19.7 Å². The van der Waals surface area contributed by atoms with Gasteiger partial charge in [0, 0.05) is 6.42 Å². The smallest absolute Gasteiger partial charge is 0.353 e. The third-order valence-corrected chi connectivity index (χ3v) is 4.33. The lowest BCUT2D eigenvalue weighted by Crippen LogP contribution is -2.19. The highest BCUT2D eigenvalue weighted by Gasteiger charge is 2.23. The van der Waals surface area contributed by atoms with E-state index in [0.29, 0.717) is 12.0 Å². The van der Waals surface area contributed by atoms with Crippen LogP contribution in [0, 0.1) is 10.1 Å². The molecule has 0 bridgehead atoms. The predicted molar refractivity (Wildman–Crippen MR) is 106 cm³/mol. The summed E-state index contributed by atoms with van der Waals surface area (Å²) in [5.41, 5.74) is 11.8. The molecule has 0 aliphatic heterocycles. The van der Waals surface area contributed by atoms with Gasteiger partial charge in [0.1, 0.15) is 0 Å². The molecule has 0 saturated heterocycles. The molecular weight excluding hydrogens is 380 g/mol. The number of carbonyl (C=O) groups excluding carboxylic acids is 2. The zero-order chi connectivity index (χ0) is 21.6. The number of hydrogen-bond donors (Lipinski definition) is 3. The van der Waals surface area contributed by atoms with E-state index in [1.54, 1.807) is 24.3 Å². The lowest BCUT2D eigenvalue weighted by Gasteiger charge is -2.15. The molecule has 1 aromatic carbocycles. The number of methoxy groups -OCH3 is 1. The standard InChI is InChI=1S/C18H22N6O5/c1-3-10(11-4-6-12(7-5-11)17(26)29-2)8-13(25)9-21-16-14(24(27)28)15(19)22-18(20)23-16/h4-7,10H,3,8-9H2,1-2H3,(H5,19,20,21,22,23). The fraction of sp³-hybridized carbons (Fsp3) is 0.333. The predicted octanol–water partition coefficient (Wildman–Crippen LogP) is 1.90. The Bertz CT molecular complexity index is 916. The van der Waals surface area contributed by atoms with Crippen LogP contribution in [0.3, 0.4) is 0 Å². The molecule has 11 heteroatoms. The van der Waals surface area contributed by atoms with E-state index in [0.717, 1.165) is 5.56 Å². The lowest BCUT2D eigenvalue weighted by molar-refractivity contribution is -0.383. The number of nitrogens with two attached hydrogens (primary N) is 2. The Labute approximate surface area is 166 Å². The number of Topliss-reactive ketones (excluding diaryl/α,β-unsaturated/α-hetero) is 1. The molecule has 1 heterocycles. The number of rotatable bonds is 9. The van der Waals surface area contributed by atoms with Crippen molar-refractivity contribution in [1.29, 1.82) is 0 Å². The number of benzene rings is 1. The maximum Gasteiger partial charge on any atom is 0.353 e. The minimum absolute atomic E-state index is 0.0773. The Kier molecular flexibility index (Phi) is 7.01. The van der Waals surface area contributed by atoms with Gasteiger partial charge in [-0.25, -0.2) is 4.79 Å². The first-order valence-corrected chi connectivity index (χ1v) is 8.78. The minimum Gasteiger partial charge on any atom is -0.465 e. The van der Waals surface area contributed by atoms with E-state index in [4.69, 9.17) is 11.5 Å². The number of anilines is 3. The number of esters is 1. The quantitative estimate of drug-likeness (QED) is 0.319. The van der Waals surface area contributed by atoms with Gasteiger partial charge in [-0.3, -0.25) is 14.9 Å². The highest BCUT2D eigenvalue weighted by molar-refractivity contribution is 5.89. The van der Waals surface area contributed by atoms with Gasteiger partial charge < -0.3 is 21.5 Å². The van der Waals surface area contributed by atoms with Gasteiger partial charge >= 0.3 is 11.7 Å². The molecule has 2 rings (SSSR count). The Morgan fingerprint density at radius 3 is 2.45 bits per heavy atom. The SMILES string of the molecule is CCC(CC(=O)CNc1nc(N)nc(N)c1[N+](=O)[O-])c1ccc(C(=O)OC)cc1. The van der Waals surface area contributed by atoms with Crippen LogP contribution in [0.1, 0.15) is 41.6 Å². The topological polar surface area (TPSA) is 176 Å². The van der Waals surface area contributed by atoms with Gasteiger partial charge in [-0.2, -0.15) is 9.97 Å². The van der Waals surface area contributed by atoms with Crippen LogP contribution in [0.4, 0.5) is 23.3 Å². The van der Waals surface area contributed by atoms with Crippen LogP contribution in [0.2, 0.25) is 0 Å². The summed E-state index contributed by atoms with van der Waals surface area (Å²) in [5, 5.41) is 13.8. The first-order chi connectivity index (χ1) is 13.8. The molecular formula is C18H22N6O5. The van der Waals surface area contributed by atoms with Crippen molar-refractivity contribution in [2.45, 2.75) is 25.7 Å². The van der Waals surface area contributed by atoms with E-state index in [1.165, 1.54) is 7.11 Å². The molecule has 0 aliphatic carbocycles. The average molecular weight is 402 g/mol. The Morgan fingerprint density at radius 1 is 1.24 bits per heavy atom. The summed E-state index contributed by atoms with van der Waals surface area (Å²) in [6.07, 6.45) is 0.891. The second-order valence-electron chi connectivity index (χ2n) is 6.24. The Balaban J connectivity index is 2.06. The zero-order valence-electron chi connectivity index (χ0n) is 16.0. The molecule has 0 radical (unpaired) electrons. The van der Waals surface area contributed by atoms with Crippen molar-refractivity contribution in [3.05, 3.63) is 45.5 Å². The van der Waals surface area contributed by atoms with E-state index in [1.807, 2.05) is 6.92 Å². The maximum atomic E-state index is 12.4. The summed E-state index contributed by atoms with van der Waals surface area (Å²) in [6, 6.07) is 6.83. The zero-order valence-corrected chi connectivity index (χ0v) is 16.0. The van der Waals surface area contributed by atoms with Gasteiger partial charge in [0.25, 0.3) is 0 Å². The molecule has 0 amide bonds. The van der Waals surface area contributed by atoms with Crippen LogP contribution in [0.5, 0.6) is 0 Å². The number of nitrogen functional groups attached to an aromatic ring is 2. The highest BCUT2D eigenvalue weighted by Crippen LogP contribution is 2.28. The van der Waals surface area contributed by atoms with Gasteiger partial charge in [0.05, 0.1) is 24.1 Å². The Morgan fingerprint density at radius 2 is 1.90 bits per heavy atom. The van der Waals surface area contributed by atoms with Crippen LogP contribution in [0.25, 0.3) is 0 Å². The fourth-order valence-electron chi connectivity index (χ4n) is 2.83. The van der Waals surface area contributed by atoms with Crippen molar-refractivity contribution in [1.82, 2.24) is 9.97 Å². The number of hydrogen-bond acceptors (Lipinski definition) is 10. The first kappa shape index (κ1) is 21.5. The number of nitrogens with one attached hydrogen (secondary N) is 1. The van der Waals surface area contributed by atoms with E-state index >= 15 is 0 Å². The normalized spacial score (nSPS) is 11.5. The van der Waals surface area contributed by atoms with Crippen molar-refractivity contribution in [3.63, 3.8) is 0 Å². The number of nitrogens with zero attached hydrogens (tertiary/aromatic N) is 3. The number of carbonyl (C=O) groups is 2. The summed E-state index contributed by atoms with van der Waals surface area (Å²) < 4.78 is 4.67. The van der Waals surface area contributed by atoms with Crippen LogP contribution in [-0.2, 0) is 9.53 Å². The Hall–Kier alpha value is -3.76. The van der Waals surface area contributed by atoms with Crippen LogP contribution >= 0.6 is 0 Å². The molecule has 5 N–H and O–H groups in total. The molecule has 2 aromatic rings. The summed E-state index contributed by atoms with van der Waals surface area (Å²) >= 11 is 0. The first-order valence-electron chi connectivity index (χ1n) is 8.78. The number of aromatic nitrogens is 2. The maximum absolute atomic E-state index is 12.4. The molecule has 1 atom stereocenters. The van der Waals surface area contributed by atoms with Crippen molar-refractivity contribution in [2.24, 2.45) is 0 Å². The molecule has 0 aliphatic rings. The van der Waals surface area contributed by atoms with E-state index in [-0.39, 0.29) is 42.3 Å². The third-order valence-electron chi connectivity index (χ3n) is 4.33. The van der Waals surface area contributed by atoms with Gasteiger partial charge in [-0.1, -0.05) is 19.1 Å². The van der Waals surface area contributed by atoms with Crippen molar-refractivity contribution in [2.75, 3.05) is 30.4 Å². The van der Waals surface area contributed by atoms with Crippen molar-refractivity contribution < 1.29 is 19.2 Å². The molecule has 11 nitrogen and oxygen atoms in total. The van der Waals surface area contributed by atoms with Gasteiger partial charge in [-0.15, -0.1) is 0 Å². The second-order valence-corrected chi connectivity index (χ2v) is 6.24. The van der Waals surface area contributed by atoms with E-state index < -0.39 is 16.6 Å². The average Bonchev–Trinajstić information content (AvgIpc) is 2.69. The fourth-order valence-corrected chi connectivity index (χ4v) is 2.83. The number of nitro groups is 1. The molecule has 154 valence electrons. The molecule has 0 spiro atoms. The van der Waals surface area contributed by atoms with Crippen LogP contribution in [0.15, 0.2) is 24.3 Å². The molecule has 0 saturated carbocycles. The minimum atomic E-state index is -0.737. The molecule has 29 heavy (non-hydrogen) atoms. The summed E-state index contributed by atoms with van der Waals surface area (Å²) in [7, 11) is 1.31. The summed E-state index contributed by atoms with van der Waals surface area (Å²) in [6.45, 7) is 1.75. The van der Waals surface area contributed by atoms with Crippen LogP contribution < -0.4 is 16.8 Å². The summed E-state index contributed by atoms with van der Waals surface area (Å²) in [4.78, 5) is 41.7. The van der Waals surface area contributed by atoms with Gasteiger partial charge in [0.15, 0.2) is 5.78 Å². The third kappa shape index (κ3) is 5.37. The van der Waals surface area contributed by atoms with Crippen molar-refractivity contribution in [3.8, 4) is 0 Å². The van der Waals surface area contributed by atoms with Crippen LogP contribution in [-0.4, -0.2) is 40.3 Å². The largest absolute Gasteiger partial charge is 0.465 e. The summed E-state index contributed by atoms with van der Waals surface area (Å²) in [5.74, 6) is -1.51. The van der Waals surface area contributed by atoms with E-state index in [2.05, 4.69) is 20.0 Å². The molecule has 1 aromatic heterocycles.